The molecule has 1 aromatic carbocycles. The molecule has 144 valence electrons. The van der Waals surface area contributed by atoms with Crippen molar-refractivity contribution in [3.8, 4) is 0 Å². The molecule has 2 aromatic heterocycles. The summed E-state index contributed by atoms with van der Waals surface area (Å²) in [6.07, 6.45) is 4.37. The average Bonchev–Trinajstić information content (AvgIpc) is 3.01. The second-order valence-electron chi connectivity index (χ2n) is 7.68. The first-order valence-electron chi connectivity index (χ1n) is 9.78. The fourth-order valence-corrected chi connectivity index (χ4v) is 3.85. The number of pyridine rings is 1. The van der Waals surface area contributed by atoms with Gasteiger partial charge in [0.05, 0.1) is 10.9 Å². The summed E-state index contributed by atoms with van der Waals surface area (Å²) in [5.74, 6) is 0. The fourth-order valence-electron chi connectivity index (χ4n) is 3.85. The highest BCUT2D eigenvalue weighted by molar-refractivity contribution is 6.04. The van der Waals surface area contributed by atoms with Crippen LogP contribution in [0.5, 0.6) is 0 Å². The summed E-state index contributed by atoms with van der Waals surface area (Å²) in [6.45, 7) is 14.4. The molecule has 0 amide bonds. The van der Waals surface area contributed by atoms with Crippen molar-refractivity contribution in [1.82, 2.24) is 19.7 Å². The number of nitrogens with one attached hydrogen (secondary N) is 1. The zero-order chi connectivity index (χ0) is 19.7. The van der Waals surface area contributed by atoms with Gasteiger partial charge in [0.1, 0.15) is 5.52 Å². The van der Waals surface area contributed by atoms with Gasteiger partial charge in [0.2, 0.25) is 0 Å². The first-order chi connectivity index (χ1) is 12.8. The minimum absolute atomic E-state index is 0.0269. The minimum atomic E-state index is 0.0269. The van der Waals surface area contributed by atoms with Crippen LogP contribution in [0.1, 0.15) is 45.9 Å². The van der Waals surface area contributed by atoms with Crippen molar-refractivity contribution in [2.75, 3.05) is 6.54 Å². The number of aromatic amines is 1. The largest absolute Gasteiger partial charge is 0.308 e. The minimum Gasteiger partial charge on any atom is -0.308 e. The molecule has 0 spiro atoms. The lowest BCUT2D eigenvalue weighted by Crippen LogP contribution is -2.36. The van der Waals surface area contributed by atoms with Crippen LogP contribution in [0, 0.1) is 6.92 Å². The number of H-pyrrole nitrogens is 1. The summed E-state index contributed by atoms with van der Waals surface area (Å²) in [5.41, 5.74) is 3.67. The Balaban J connectivity index is 2.05. The number of nitrogens with zero attached hydrogens (tertiary/aromatic N) is 3. The molecule has 3 rings (SSSR count). The Hall–Kier alpha value is -2.40. The first kappa shape index (κ1) is 19.4. The van der Waals surface area contributed by atoms with E-state index in [9.17, 15) is 4.79 Å². The summed E-state index contributed by atoms with van der Waals surface area (Å²) < 4.78 is 1.83. The Morgan fingerprint density at radius 3 is 2.56 bits per heavy atom. The SMILES string of the molecule is CCn1c(=O)c2c(C)[nH]nc2c2cc(C=CCN(C(C)C)C(C)C)ccc21. The zero-order valence-electron chi connectivity index (χ0n) is 17.2. The Bertz CT molecular complexity index is 1030. The maximum Gasteiger partial charge on any atom is 0.262 e. The van der Waals surface area contributed by atoms with Crippen molar-refractivity contribution < 1.29 is 0 Å². The van der Waals surface area contributed by atoms with E-state index in [0.717, 1.165) is 34.2 Å². The molecule has 0 saturated heterocycles. The number of fused-ring (bicyclic) bond motifs is 3. The molecule has 2 heterocycles. The van der Waals surface area contributed by atoms with E-state index in [4.69, 9.17) is 0 Å². The van der Waals surface area contributed by atoms with E-state index in [0.29, 0.717) is 24.0 Å². The van der Waals surface area contributed by atoms with E-state index in [1.54, 1.807) is 0 Å². The van der Waals surface area contributed by atoms with Crippen LogP contribution < -0.4 is 5.56 Å². The van der Waals surface area contributed by atoms with Crippen LogP contribution in [0.2, 0.25) is 0 Å². The molecule has 0 unspecified atom stereocenters. The average molecular weight is 367 g/mol. The van der Waals surface area contributed by atoms with Gasteiger partial charge in [-0.25, -0.2) is 0 Å². The highest BCUT2D eigenvalue weighted by atomic mass is 16.1. The molecule has 5 heteroatoms. The smallest absolute Gasteiger partial charge is 0.262 e. The van der Waals surface area contributed by atoms with Crippen LogP contribution in [-0.2, 0) is 6.54 Å². The van der Waals surface area contributed by atoms with Crippen LogP contribution in [0.15, 0.2) is 29.1 Å². The number of benzene rings is 1. The van der Waals surface area contributed by atoms with Gasteiger partial charge in [0, 0.05) is 36.3 Å². The molecule has 27 heavy (non-hydrogen) atoms. The number of hydrogen-bond donors (Lipinski definition) is 1. The summed E-state index contributed by atoms with van der Waals surface area (Å²) in [7, 11) is 0. The van der Waals surface area contributed by atoms with Gasteiger partial charge in [-0.05, 0) is 59.2 Å². The van der Waals surface area contributed by atoms with E-state index in [1.165, 1.54) is 0 Å². The van der Waals surface area contributed by atoms with Crippen molar-refractivity contribution in [2.24, 2.45) is 0 Å². The summed E-state index contributed by atoms with van der Waals surface area (Å²) >= 11 is 0. The molecule has 0 aliphatic carbocycles. The van der Waals surface area contributed by atoms with Crippen molar-refractivity contribution >= 4 is 27.9 Å². The lowest BCUT2D eigenvalue weighted by molar-refractivity contribution is 0.196. The number of aryl methyl sites for hydroxylation is 2. The first-order valence-corrected chi connectivity index (χ1v) is 9.78. The highest BCUT2D eigenvalue weighted by Crippen LogP contribution is 2.24. The molecule has 0 aliphatic heterocycles. The topological polar surface area (TPSA) is 53.9 Å². The molecule has 0 bridgehead atoms. The monoisotopic (exact) mass is 366 g/mol. The predicted octanol–water partition coefficient (Wildman–Crippen LogP) is 4.34. The summed E-state index contributed by atoms with van der Waals surface area (Å²) in [6, 6.07) is 7.26. The van der Waals surface area contributed by atoms with E-state index in [1.807, 2.05) is 24.5 Å². The third kappa shape index (κ3) is 3.56. The molecule has 0 aliphatic rings. The molecule has 0 saturated carbocycles. The quantitative estimate of drug-likeness (QED) is 0.706. The molecule has 0 atom stereocenters. The molecule has 0 fully saturated rings. The lowest BCUT2D eigenvalue weighted by Gasteiger charge is -2.29. The van der Waals surface area contributed by atoms with Gasteiger partial charge < -0.3 is 4.57 Å². The molecule has 1 N–H and O–H groups in total. The fraction of sp³-hybridized carbons (Fsp3) is 0.455. The number of rotatable bonds is 6. The maximum absolute atomic E-state index is 12.8. The van der Waals surface area contributed by atoms with Crippen LogP contribution in [-0.4, -0.2) is 38.3 Å². The van der Waals surface area contributed by atoms with Crippen LogP contribution in [0.4, 0.5) is 0 Å². The summed E-state index contributed by atoms with van der Waals surface area (Å²) in [5, 5.41) is 9.09. The van der Waals surface area contributed by atoms with Crippen LogP contribution in [0.3, 0.4) is 0 Å². The third-order valence-corrected chi connectivity index (χ3v) is 5.24. The number of aromatic nitrogens is 3. The standard InChI is InChI=1S/C22H30N4O/c1-7-25-19-11-10-17(9-8-12-26(14(2)3)15(4)5)13-18(19)21-20(22(25)27)16(6)23-24-21/h8-11,13-15H,7,12H2,1-6H3,(H,23,24). The predicted molar refractivity (Wildman–Crippen MR) is 114 cm³/mol. The van der Waals surface area contributed by atoms with Gasteiger partial charge in [-0.2, -0.15) is 5.10 Å². The van der Waals surface area contributed by atoms with Crippen LogP contribution >= 0.6 is 0 Å². The molecule has 3 aromatic rings. The van der Waals surface area contributed by atoms with Crippen molar-refractivity contribution in [3.05, 3.63) is 45.9 Å². The van der Waals surface area contributed by atoms with Crippen molar-refractivity contribution in [2.45, 2.75) is 60.2 Å². The van der Waals surface area contributed by atoms with E-state index < -0.39 is 0 Å². The van der Waals surface area contributed by atoms with Gasteiger partial charge in [-0.1, -0.05) is 18.2 Å². The molecular formula is C22H30N4O. The molecule has 5 nitrogen and oxygen atoms in total. The third-order valence-electron chi connectivity index (χ3n) is 5.24. The van der Waals surface area contributed by atoms with Crippen molar-refractivity contribution in [3.63, 3.8) is 0 Å². The Kier molecular flexibility index (Phi) is 5.51. The Morgan fingerprint density at radius 1 is 1.22 bits per heavy atom. The Labute approximate surface area is 160 Å². The highest BCUT2D eigenvalue weighted by Gasteiger charge is 2.15. The van der Waals surface area contributed by atoms with Crippen LogP contribution in [0.25, 0.3) is 27.9 Å². The maximum atomic E-state index is 12.8. The van der Waals surface area contributed by atoms with Gasteiger partial charge in [-0.3, -0.25) is 14.8 Å². The van der Waals surface area contributed by atoms with Gasteiger partial charge in [0.25, 0.3) is 5.56 Å². The normalized spacial score (nSPS) is 12.6. The van der Waals surface area contributed by atoms with Gasteiger partial charge in [0.15, 0.2) is 0 Å². The van der Waals surface area contributed by atoms with Crippen molar-refractivity contribution in [1.29, 1.82) is 0 Å². The number of hydrogen-bond acceptors (Lipinski definition) is 3. The van der Waals surface area contributed by atoms with E-state index >= 15 is 0 Å². The van der Waals surface area contributed by atoms with E-state index in [-0.39, 0.29) is 5.56 Å². The zero-order valence-corrected chi connectivity index (χ0v) is 17.2. The second kappa shape index (κ2) is 7.69. The van der Waals surface area contributed by atoms with Gasteiger partial charge >= 0.3 is 0 Å². The summed E-state index contributed by atoms with van der Waals surface area (Å²) in [4.78, 5) is 15.2. The van der Waals surface area contributed by atoms with Gasteiger partial charge in [-0.15, -0.1) is 0 Å². The Morgan fingerprint density at radius 2 is 1.93 bits per heavy atom. The van der Waals surface area contributed by atoms with E-state index in [2.05, 4.69) is 67.1 Å². The molecular weight excluding hydrogens is 336 g/mol. The molecule has 0 radical (unpaired) electrons. The lowest BCUT2D eigenvalue weighted by atomic mass is 10.1. The second-order valence-corrected chi connectivity index (χ2v) is 7.68.